The van der Waals surface area contributed by atoms with Gasteiger partial charge < -0.3 is 10.2 Å². The highest BCUT2D eigenvalue weighted by Gasteiger charge is 2.32. The molecule has 0 fully saturated rings. The molecule has 2 N–H and O–H groups in total. The van der Waals surface area contributed by atoms with E-state index in [2.05, 4.69) is 9.97 Å². The number of hydrogen-bond acceptors (Lipinski definition) is 7. The van der Waals surface area contributed by atoms with Crippen molar-refractivity contribution in [3.05, 3.63) is 118 Å². The van der Waals surface area contributed by atoms with Crippen LogP contribution in [0.2, 0.25) is 0 Å². The fourth-order valence-electron chi connectivity index (χ4n) is 6.14. The van der Waals surface area contributed by atoms with Crippen LogP contribution in [0.25, 0.3) is 44.3 Å². The van der Waals surface area contributed by atoms with Gasteiger partial charge in [-0.2, -0.15) is 26.3 Å². The molecule has 286 valence electrons. The number of benzene rings is 4. The Labute approximate surface area is 314 Å². The van der Waals surface area contributed by atoms with E-state index in [4.69, 9.17) is 0 Å². The Hall–Kier alpha value is -5.48. The number of aryl methyl sites for hydroxylation is 1. The highest BCUT2D eigenvalue weighted by atomic mass is 32.2. The fourth-order valence-corrected chi connectivity index (χ4v) is 7.30. The summed E-state index contributed by atoms with van der Waals surface area (Å²) in [7, 11) is -3.58. The summed E-state index contributed by atoms with van der Waals surface area (Å²) in [6.45, 7) is 4.84. The fraction of sp³-hybridized carbons (Fsp3) is 0.179. The van der Waals surface area contributed by atoms with Gasteiger partial charge in [0.25, 0.3) is 0 Å². The Balaban J connectivity index is 0.000000211. The zero-order chi connectivity index (χ0) is 40.8. The molecule has 0 atom stereocenters. The van der Waals surface area contributed by atoms with Gasteiger partial charge in [0.2, 0.25) is 0 Å². The Kier molecular flexibility index (Phi) is 11.1. The number of carboxylic acid groups (broad SMARTS) is 2. The average Bonchev–Trinajstić information content (AvgIpc) is 3.10. The van der Waals surface area contributed by atoms with Crippen LogP contribution in [0.1, 0.15) is 48.5 Å². The van der Waals surface area contributed by atoms with Crippen molar-refractivity contribution >= 4 is 55.3 Å². The number of sulfone groups is 1. The smallest absolute Gasteiger partial charge is 0.416 e. The molecule has 0 spiro atoms. The molecule has 0 bridgehead atoms. The molecule has 6 aromatic rings. The monoisotopic (exact) mass is 800 g/mol. The van der Waals surface area contributed by atoms with Crippen molar-refractivity contribution in [1.82, 2.24) is 9.97 Å². The van der Waals surface area contributed by atoms with Gasteiger partial charge in [0.15, 0.2) is 9.84 Å². The largest absolute Gasteiger partial charge is 0.478 e. The van der Waals surface area contributed by atoms with Crippen molar-refractivity contribution in [2.75, 3.05) is 12.5 Å². The molecule has 0 saturated heterocycles. The maximum Gasteiger partial charge on any atom is 0.416 e. The number of pyridine rings is 2. The van der Waals surface area contributed by atoms with Gasteiger partial charge in [-0.15, -0.1) is 11.8 Å². The van der Waals surface area contributed by atoms with Crippen LogP contribution in [-0.2, 0) is 22.2 Å². The van der Waals surface area contributed by atoms with Crippen LogP contribution in [0.15, 0.2) is 88.7 Å². The summed E-state index contributed by atoms with van der Waals surface area (Å²) >= 11 is 1.49. The van der Waals surface area contributed by atoms with Gasteiger partial charge in [-0.3, -0.25) is 0 Å². The van der Waals surface area contributed by atoms with Crippen LogP contribution < -0.4 is 0 Å². The molecule has 16 heteroatoms. The van der Waals surface area contributed by atoms with E-state index in [9.17, 15) is 54.6 Å². The van der Waals surface area contributed by atoms with E-state index in [-0.39, 0.29) is 55.0 Å². The van der Waals surface area contributed by atoms with Crippen LogP contribution >= 0.6 is 11.8 Å². The van der Waals surface area contributed by atoms with Crippen molar-refractivity contribution in [3.8, 4) is 22.5 Å². The number of aromatic carboxylic acids is 2. The highest BCUT2D eigenvalue weighted by molar-refractivity contribution is 7.98. The summed E-state index contributed by atoms with van der Waals surface area (Å²) < 4.78 is 102. The number of carboxylic acids is 2. The molecule has 0 aliphatic carbocycles. The lowest BCUT2D eigenvalue weighted by atomic mass is 9.95. The third-order valence-corrected chi connectivity index (χ3v) is 10.5. The standard InChI is InChI=1S/C20H16F3NO2S.C19H14F3NO4S/c1-10-7-14(27-3)9-15-16(10)17(19(25)26)11(2)18(24-15)12-5-4-6-13(8-12)20(21,22)23;1-10-16(18(24)25)14-7-6-13(28(2,26)27)9-15(14)23-17(10)11-4-3-5-12(8-11)19(20,21)22/h4-9H,1-3H3,(H,25,26);3-9H,1-2H3,(H,24,25). The molecule has 0 aliphatic rings. The summed E-state index contributed by atoms with van der Waals surface area (Å²) in [6, 6.07) is 16.6. The number of hydrogen-bond donors (Lipinski definition) is 2. The third-order valence-electron chi connectivity index (χ3n) is 8.72. The maximum absolute atomic E-state index is 13.1. The molecule has 2 aromatic heterocycles. The van der Waals surface area contributed by atoms with E-state index < -0.39 is 45.3 Å². The van der Waals surface area contributed by atoms with Gasteiger partial charge in [0.1, 0.15) is 0 Å². The first-order chi connectivity index (χ1) is 25.5. The average molecular weight is 801 g/mol. The first-order valence-electron chi connectivity index (χ1n) is 16.0. The summed E-state index contributed by atoms with van der Waals surface area (Å²) in [6.07, 6.45) is -6.17. The second kappa shape index (κ2) is 15.0. The van der Waals surface area contributed by atoms with Gasteiger partial charge >= 0.3 is 24.3 Å². The van der Waals surface area contributed by atoms with Gasteiger partial charge in [0.05, 0.1) is 49.6 Å². The van der Waals surface area contributed by atoms with Gasteiger partial charge in [-0.05, 0) is 92.2 Å². The number of fused-ring (bicyclic) bond motifs is 2. The number of rotatable bonds is 6. The van der Waals surface area contributed by atoms with Crippen LogP contribution in [-0.4, -0.2) is 53.0 Å². The molecule has 0 saturated carbocycles. The van der Waals surface area contributed by atoms with E-state index in [1.54, 1.807) is 19.9 Å². The van der Waals surface area contributed by atoms with Crippen molar-refractivity contribution in [2.45, 2.75) is 42.9 Å². The van der Waals surface area contributed by atoms with Crippen LogP contribution in [0.3, 0.4) is 0 Å². The van der Waals surface area contributed by atoms with Crippen molar-refractivity contribution in [3.63, 3.8) is 0 Å². The van der Waals surface area contributed by atoms with E-state index in [0.29, 0.717) is 16.5 Å². The third kappa shape index (κ3) is 8.44. The second-order valence-corrected chi connectivity index (χ2v) is 15.4. The van der Waals surface area contributed by atoms with E-state index in [1.807, 2.05) is 12.3 Å². The van der Waals surface area contributed by atoms with Crippen LogP contribution in [0.5, 0.6) is 0 Å². The molecule has 55 heavy (non-hydrogen) atoms. The molecule has 4 aromatic carbocycles. The number of alkyl halides is 6. The lowest BCUT2D eigenvalue weighted by Crippen LogP contribution is -2.07. The highest BCUT2D eigenvalue weighted by Crippen LogP contribution is 2.38. The predicted octanol–water partition coefficient (Wildman–Crippen LogP) is 10.3. The lowest BCUT2D eigenvalue weighted by molar-refractivity contribution is -0.138. The van der Waals surface area contributed by atoms with Crippen molar-refractivity contribution in [1.29, 1.82) is 0 Å². The molecule has 2 heterocycles. The van der Waals surface area contributed by atoms with Crippen molar-refractivity contribution < 1.29 is 54.6 Å². The number of halogens is 6. The molecule has 8 nitrogen and oxygen atoms in total. The zero-order valence-electron chi connectivity index (χ0n) is 29.5. The molecular formula is C39H30F6N2O6S2. The van der Waals surface area contributed by atoms with Crippen LogP contribution in [0, 0.1) is 20.8 Å². The maximum atomic E-state index is 13.1. The van der Waals surface area contributed by atoms with E-state index >= 15 is 0 Å². The number of nitrogens with zero attached hydrogens (tertiary/aromatic N) is 2. The molecule has 0 amide bonds. The Bertz CT molecular complexity index is 2640. The predicted molar refractivity (Wildman–Crippen MR) is 197 cm³/mol. The summed E-state index contributed by atoms with van der Waals surface area (Å²) in [4.78, 5) is 33.4. The SMILES string of the molecule is CSc1cc(C)c2c(C(=O)O)c(C)c(-c3cccc(C(F)(F)F)c3)nc2c1.Cc1c(-c2cccc(C(F)(F)F)c2)nc2cc(S(C)(=O)=O)ccc2c1C(=O)O. The number of carbonyl (C=O) groups is 2. The molecule has 0 aliphatic heterocycles. The summed E-state index contributed by atoms with van der Waals surface area (Å²) in [5, 5.41) is 20.1. The lowest BCUT2D eigenvalue weighted by Gasteiger charge is -2.15. The van der Waals surface area contributed by atoms with Gasteiger partial charge in [-0.25, -0.2) is 28.0 Å². The summed E-state index contributed by atoms with van der Waals surface area (Å²) in [5.74, 6) is -2.42. The van der Waals surface area contributed by atoms with E-state index in [1.165, 1.54) is 61.2 Å². The Morgan fingerprint density at radius 3 is 1.62 bits per heavy atom. The second-order valence-electron chi connectivity index (χ2n) is 12.5. The number of thioether (sulfide) groups is 1. The van der Waals surface area contributed by atoms with Gasteiger partial charge in [-0.1, -0.05) is 30.3 Å². The first kappa shape index (κ1) is 40.7. The molecule has 0 unspecified atom stereocenters. The number of aromatic nitrogens is 2. The zero-order valence-corrected chi connectivity index (χ0v) is 31.1. The molecular weight excluding hydrogens is 771 g/mol. The normalized spacial score (nSPS) is 12.1. The minimum absolute atomic E-state index is 0.0432. The van der Waals surface area contributed by atoms with Crippen LogP contribution in [0.4, 0.5) is 26.3 Å². The minimum atomic E-state index is -4.57. The Morgan fingerprint density at radius 1 is 0.673 bits per heavy atom. The quantitative estimate of drug-likeness (QED) is 0.125. The topological polar surface area (TPSA) is 135 Å². The molecule has 6 rings (SSSR count). The Morgan fingerprint density at radius 2 is 1.16 bits per heavy atom. The minimum Gasteiger partial charge on any atom is -0.478 e. The summed E-state index contributed by atoms with van der Waals surface area (Å²) in [5.41, 5.74) is 0.648. The molecule has 0 radical (unpaired) electrons. The van der Waals surface area contributed by atoms with Gasteiger partial charge in [0, 0.05) is 33.1 Å². The van der Waals surface area contributed by atoms with E-state index in [0.717, 1.165) is 41.0 Å². The first-order valence-corrected chi connectivity index (χ1v) is 19.1. The van der Waals surface area contributed by atoms with Crippen molar-refractivity contribution in [2.24, 2.45) is 0 Å².